The van der Waals surface area contributed by atoms with Crippen molar-refractivity contribution in [3.63, 3.8) is 0 Å². The Morgan fingerprint density at radius 3 is 2.94 bits per heavy atom. The van der Waals surface area contributed by atoms with E-state index in [1.807, 2.05) is 0 Å². The molecule has 0 saturated carbocycles. The second-order valence-electron chi connectivity index (χ2n) is 4.85. The zero-order valence-electron chi connectivity index (χ0n) is 11.0. The van der Waals surface area contributed by atoms with E-state index in [0.717, 1.165) is 19.8 Å². The van der Waals surface area contributed by atoms with Crippen LogP contribution in [0, 0.1) is 0 Å². The standard InChI is InChI=1S/C13H28N2O/c1-3-4-11-16-12-8-14-13-6-5-9-15(2)10-7-13/h13-14H,3-12H2,1-2H3. The summed E-state index contributed by atoms with van der Waals surface area (Å²) >= 11 is 0. The Kier molecular flexibility index (Phi) is 7.81. The maximum absolute atomic E-state index is 5.54. The first-order chi connectivity index (χ1) is 7.83. The Bertz CT molecular complexity index is 164. The number of likely N-dealkylation sites (tertiary alicyclic amines) is 1. The monoisotopic (exact) mass is 228 g/mol. The van der Waals surface area contributed by atoms with Crippen LogP contribution in [0.2, 0.25) is 0 Å². The van der Waals surface area contributed by atoms with Crippen molar-refractivity contribution in [1.29, 1.82) is 0 Å². The number of unbranched alkanes of at least 4 members (excludes halogenated alkanes) is 1. The fourth-order valence-corrected chi connectivity index (χ4v) is 2.13. The molecule has 1 unspecified atom stereocenters. The highest BCUT2D eigenvalue weighted by molar-refractivity contribution is 4.73. The molecule has 0 aromatic rings. The average molecular weight is 228 g/mol. The summed E-state index contributed by atoms with van der Waals surface area (Å²) in [5, 5.41) is 3.61. The molecule has 1 N–H and O–H groups in total. The fraction of sp³-hybridized carbons (Fsp3) is 1.00. The number of nitrogens with one attached hydrogen (secondary N) is 1. The summed E-state index contributed by atoms with van der Waals surface area (Å²) in [5.74, 6) is 0. The predicted octanol–water partition coefficient (Wildman–Crippen LogP) is 1.88. The van der Waals surface area contributed by atoms with Crippen molar-refractivity contribution in [3.05, 3.63) is 0 Å². The second kappa shape index (κ2) is 8.97. The molecule has 1 atom stereocenters. The Hall–Kier alpha value is -0.120. The van der Waals surface area contributed by atoms with Gasteiger partial charge in [-0.1, -0.05) is 13.3 Å². The topological polar surface area (TPSA) is 24.5 Å². The number of rotatable bonds is 7. The third-order valence-electron chi connectivity index (χ3n) is 3.27. The molecule has 0 amide bonds. The molecule has 1 heterocycles. The molecule has 1 aliphatic heterocycles. The average Bonchev–Trinajstić information content (AvgIpc) is 2.49. The Morgan fingerprint density at radius 1 is 1.25 bits per heavy atom. The molecular formula is C13H28N2O. The van der Waals surface area contributed by atoms with Gasteiger partial charge in [0.05, 0.1) is 6.61 Å². The summed E-state index contributed by atoms with van der Waals surface area (Å²) in [5.41, 5.74) is 0. The first-order valence-electron chi connectivity index (χ1n) is 6.82. The molecule has 96 valence electrons. The molecule has 1 aliphatic rings. The van der Waals surface area contributed by atoms with E-state index < -0.39 is 0 Å². The van der Waals surface area contributed by atoms with Crippen LogP contribution in [0.1, 0.15) is 39.0 Å². The molecule has 0 bridgehead atoms. The normalized spacial score (nSPS) is 23.2. The molecule has 16 heavy (non-hydrogen) atoms. The first-order valence-corrected chi connectivity index (χ1v) is 6.82. The van der Waals surface area contributed by atoms with Gasteiger partial charge in [0.1, 0.15) is 0 Å². The van der Waals surface area contributed by atoms with E-state index in [2.05, 4.69) is 24.2 Å². The molecule has 1 rings (SSSR count). The van der Waals surface area contributed by atoms with Gasteiger partial charge in [-0.15, -0.1) is 0 Å². The van der Waals surface area contributed by atoms with Gasteiger partial charge in [0.25, 0.3) is 0 Å². The summed E-state index contributed by atoms with van der Waals surface area (Å²) < 4.78 is 5.54. The Labute approximate surface area is 101 Å². The minimum Gasteiger partial charge on any atom is -0.380 e. The molecular weight excluding hydrogens is 200 g/mol. The zero-order valence-corrected chi connectivity index (χ0v) is 11.0. The van der Waals surface area contributed by atoms with Gasteiger partial charge in [-0.3, -0.25) is 0 Å². The van der Waals surface area contributed by atoms with Crippen LogP contribution < -0.4 is 5.32 Å². The van der Waals surface area contributed by atoms with E-state index in [9.17, 15) is 0 Å². The van der Waals surface area contributed by atoms with E-state index in [1.54, 1.807) is 0 Å². The number of hydrogen-bond acceptors (Lipinski definition) is 3. The lowest BCUT2D eigenvalue weighted by molar-refractivity contribution is 0.130. The molecule has 0 spiro atoms. The van der Waals surface area contributed by atoms with Crippen molar-refractivity contribution in [2.45, 2.75) is 45.1 Å². The molecule has 3 heteroatoms. The molecule has 0 aliphatic carbocycles. The van der Waals surface area contributed by atoms with E-state index in [0.29, 0.717) is 6.04 Å². The van der Waals surface area contributed by atoms with E-state index in [1.165, 1.54) is 45.2 Å². The van der Waals surface area contributed by atoms with Crippen LogP contribution in [0.3, 0.4) is 0 Å². The first kappa shape index (κ1) is 13.9. The molecule has 0 radical (unpaired) electrons. The van der Waals surface area contributed by atoms with E-state index in [4.69, 9.17) is 4.74 Å². The number of nitrogens with zero attached hydrogens (tertiary/aromatic N) is 1. The van der Waals surface area contributed by atoms with Crippen molar-refractivity contribution < 1.29 is 4.74 Å². The largest absolute Gasteiger partial charge is 0.380 e. The van der Waals surface area contributed by atoms with Crippen LogP contribution in [-0.2, 0) is 4.74 Å². The highest BCUT2D eigenvalue weighted by Crippen LogP contribution is 2.08. The minimum absolute atomic E-state index is 0.708. The van der Waals surface area contributed by atoms with Gasteiger partial charge >= 0.3 is 0 Å². The third-order valence-corrected chi connectivity index (χ3v) is 3.27. The van der Waals surface area contributed by atoms with Crippen LogP contribution >= 0.6 is 0 Å². The smallest absolute Gasteiger partial charge is 0.0591 e. The molecule has 1 saturated heterocycles. The highest BCUT2D eigenvalue weighted by Gasteiger charge is 2.13. The summed E-state index contributed by atoms with van der Waals surface area (Å²) in [7, 11) is 2.22. The van der Waals surface area contributed by atoms with Gasteiger partial charge < -0.3 is 15.0 Å². The molecule has 0 aromatic carbocycles. The number of ether oxygens (including phenoxy) is 1. The van der Waals surface area contributed by atoms with Crippen LogP contribution in [-0.4, -0.2) is 50.8 Å². The molecule has 0 aromatic heterocycles. The van der Waals surface area contributed by atoms with Gasteiger partial charge in [0, 0.05) is 19.2 Å². The maximum Gasteiger partial charge on any atom is 0.0591 e. The van der Waals surface area contributed by atoms with Gasteiger partial charge in [0.2, 0.25) is 0 Å². The fourth-order valence-electron chi connectivity index (χ4n) is 2.13. The van der Waals surface area contributed by atoms with Crippen LogP contribution in [0.4, 0.5) is 0 Å². The van der Waals surface area contributed by atoms with E-state index >= 15 is 0 Å². The van der Waals surface area contributed by atoms with Crippen molar-refractivity contribution >= 4 is 0 Å². The van der Waals surface area contributed by atoms with Gasteiger partial charge in [-0.25, -0.2) is 0 Å². The molecule has 3 nitrogen and oxygen atoms in total. The lowest BCUT2D eigenvalue weighted by Crippen LogP contribution is -2.32. The Balaban J connectivity index is 1.95. The summed E-state index contributed by atoms with van der Waals surface area (Å²) in [4.78, 5) is 2.43. The minimum atomic E-state index is 0.708. The number of hydrogen-bond donors (Lipinski definition) is 1. The second-order valence-corrected chi connectivity index (χ2v) is 4.85. The van der Waals surface area contributed by atoms with E-state index in [-0.39, 0.29) is 0 Å². The van der Waals surface area contributed by atoms with Crippen LogP contribution in [0.25, 0.3) is 0 Å². The lowest BCUT2D eigenvalue weighted by atomic mass is 10.1. The van der Waals surface area contributed by atoms with Gasteiger partial charge in [0.15, 0.2) is 0 Å². The van der Waals surface area contributed by atoms with Gasteiger partial charge in [-0.2, -0.15) is 0 Å². The maximum atomic E-state index is 5.54. The van der Waals surface area contributed by atoms with Crippen molar-refractivity contribution in [1.82, 2.24) is 10.2 Å². The van der Waals surface area contributed by atoms with Crippen LogP contribution in [0.5, 0.6) is 0 Å². The molecule has 1 fully saturated rings. The van der Waals surface area contributed by atoms with Crippen molar-refractivity contribution in [3.8, 4) is 0 Å². The third kappa shape index (κ3) is 6.46. The SMILES string of the molecule is CCCCOCCNC1CCCN(C)CC1. The summed E-state index contributed by atoms with van der Waals surface area (Å²) in [6.45, 7) is 7.49. The summed E-state index contributed by atoms with van der Waals surface area (Å²) in [6, 6.07) is 0.708. The summed E-state index contributed by atoms with van der Waals surface area (Å²) in [6.07, 6.45) is 6.34. The van der Waals surface area contributed by atoms with Gasteiger partial charge in [-0.05, 0) is 45.8 Å². The Morgan fingerprint density at radius 2 is 2.12 bits per heavy atom. The quantitative estimate of drug-likeness (QED) is 0.673. The predicted molar refractivity (Wildman–Crippen MR) is 68.9 cm³/mol. The van der Waals surface area contributed by atoms with Crippen LogP contribution in [0.15, 0.2) is 0 Å². The zero-order chi connectivity index (χ0) is 11.6. The van der Waals surface area contributed by atoms with Crippen molar-refractivity contribution in [2.75, 3.05) is 39.9 Å². The lowest BCUT2D eigenvalue weighted by Gasteiger charge is -2.16. The van der Waals surface area contributed by atoms with Crippen molar-refractivity contribution in [2.24, 2.45) is 0 Å². The highest BCUT2D eigenvalue weighted by atomic mass is 16.5.